The number of nitrogens with one attached hydrogen (secondary N) is 2. The zero-order valence-electron chi connectivity index (χ0n) is 21.3. The lowest BCUT2D eigenvalue weighted by Gasteiger charge is -2.33. The van der Waals surface area contributed by atoms with Crippen LogP contribution in [0.15, 0.2) is 47.8 Å². The first kappa shape index (κ1) is 23.1. The molecule has 1 fully saturated rings. The molecule has 6 rings (SSSR count). The molecule has 37 heavy (non-hydrogen) atoms. The van der Waals surface area contributed by atoms with Crippen molar-refractivity contribution in [1.82, 2.24) is 35.4 Å². The van der Waals surface area contributed by atoms with E-state index in [9.17, 15) is 4.79 Å². The molecule has 2 aliphatic heterocycles. The van der Waals surface area contributed by atoms with E-state index in [4.69, 9.17) is 0 Å². The van der Waals surface area contributed by atoms with Gasteiger partial charge in [-0.05, 0) is 66.4 Å². The topological polar surface area (TPSA) is 121 Å². The second-order valence-electron chi connectivity index (χ2n) is 9.81. The maximum atomic E-state index is 13.2. The molecule has 2 N–H and O–H groups in total. The maximum Gasteiger partial charge on any atom is 0.255 e. The van der Waals surface area contributed by atoms with Gasteiger partial charge in [-0.3, -0.25) is 9.89 Å². The van der Waals surface area contributed by atoms with Crippen molar-refractivity contribution < 1.29 is 4.79 Å². The van der Waals surface area contributed by atoms with Gasteiger partial charge in [0.15, 0.2) is 0 Å². The number of aromatic amines is 1. The zero-order valence-corrected chi connectivity index (χ0v) is 21.3. The molecule has 1 amide bonds. The molecule has 5 heterocycles. The van der Waals surface area contributed by atoms with E-state index in [0.29, 0.717) is 29.7 Å². The molecule has 1 saturated heterocycles. The number of H-pyrrole nitrogens is 1. The normalized spacial score (nSPS) is 17.9. The van der Waals surface area contributed by atoms with E-state index < -0.39 is 0 Å². The van der Waals surface area contributed by atoms with Gasteiger partial charge in [0.05, 0.1) is 17.6 Å². The zero-order chi connectivity index (χ0) is 25.5. The molecule has 1 aromatic carbocycles. The SMILES string of the molecule is CC[C@H]1CCCN(c2cc(-c3n[nH]c4ccc(NC(=O)C5=C(C)N(C)c6nnnn6C5)cc34)ccn2)C1. The van der Waals surface area contributed by atoms with Crippen LogP contribution in [0, 0.1) is 5.92 Å². The van der Waals surface area contributed by atoms with E-state index >= 15 is 0 Å². The monoisotopic (exact) mass is 498 g/mol. The van der Waals surface area contributed by atoms with Crippen LogP contribution >= 0.6 is 0 Å². The van der Waals surface area contributed by atoms with Crippen molar-refractivity contribution in [2.45, 2.75) is 39.7 Å². The van der Waals surface area contributed by atoms with Gasteiger partial charge in [0.25, 0.3) is 5.91 Å². The fraction of sp³-hybridized carbons (Fsp3) is 0.385. The van der Waals surface area contributed by atoms with Gasteiger partial charge in [-0.2, -0.15) is 5.10 Å². The fourth-order valence-corrected chi connectivity index (χ4v) is 5.26. The molecule has 2 aliphatic rings. The Morgan fingerprint density at radius 2 is 2.14 bits per heavy atom. The summed E-state index contributed by atoms with van der Waals surface area (Å²) >= 11 is 0. The van der Waals surface area contributed by atoms with E-state index in [1.165, 1.54) is 19.3 Å². The Morgan fingerprint density at radius 3 is 3.00 bits per heavy atom. The van der Waals surface area contributed by atoms with Crippen LogP contribution in [-0.4, -0.2) is 61.4 Å². The van der Waals surface area contributed by atoms with Crippen LogP contribution in [0.3, 0.4) is 0 Å². The molecule has 4 aromatic rings. The minimum atomic E-state index is -0.184. The van der Waals surface area contributed by atoms with Crippen LogP contribution in [0.4, 0.5) is 17.5 Å². The van der Waals surface area contributed by atoms with Gasteiger partial charge in [-0.1, -0.05) is 18.4 Å². The molecule has 0 unspecified atom stereocenters. The Morgan fingerprint density at radius 1 is 1.24 bits per heavy atom. The molecule has 3 aromatic heterocycles. The number of fused-ring (bicyclic) bond motifs is 2. The standard InChI is InChI=1S/C26H30N10O/c1-4-17-6-5-11-35(14-17)23-12-18(9-10-27-23)24-20-13-19(7-8-22(20)29-30-24)28-25(37)21-15-36-26(31-32-33-36)34(3)16(21)2/h7-10,12-13,17H,4-6,11,14-15H2,1-3H3,(H,28,37)(H,29,30)/t17-/m0/s1. The number of carbonyl (C=O) groups excluding carboxylic acids is 1. The number of rotatable bonds is 5. The lowest BCUT2D eigenvalue weighted by atomic mass is 9.95. The minimum Gasteiger partial charge on any atom is -0.356 e. The summed E-state index contributed by atoms with van der Waals surface area (Å²) in [6.07, 6.45) is 5.53. The number of carbonyl (C=O) groups is 1. The number of amides is 1. The van der Waals surface area contributed by atoms with Crippen molar-refractivity contribution in [3.8, 4) is 11.3 Å². The van der Waals surface area contributed by atoms with Crippen molar-refractivity contribution in [2.75, 3.05) is 35.3 Å². The Labute approximate surface area is 214 Å². The average molecular weight is 499 g/mol. The number of aromatic nitrogens is 7. The molecule has 0 spiro atoms. The lowest BCUT2D eigenvalue weighted by Crippen LogP contribution is -2.35. The van der Waals surface area contributed by atoms with Gasteiger partial charge >= 0.3 is 0 Å². The Bertz CT molecular complexity index is 1500. The number of hydrogen-bond donors (Lipinski definition) is 2. The van der Waals surface area contributed by atoms with E-state index in [1.54, 1.807) is 4.68 Å². The molecule has 11 nitrogen and oxygen atoms in total. The van der Waals surface area contributed by atoms with E-state index in [0.717, 1.165) is 46.8 Å². The number of piperidine rings is 1. The van der Waals surface area contributed by atoms with E-state index in [2.05, 4.69) is 53.9 Å². The maximum absolute atomic E-state index is 13.2. The Kier molecular flexibility index (Phi) is 5.82. The van der Waals surface area contributed by atoms with Gasteiger partial charge < -0.3 is 15.1 Å². The highest BCUT2D eigenvalue weighted by Crippen LogP contribution is 2.32. The van der Waals surface area contributed by atoms with Gasteiger partial charge in [0, 0.05) is 48.7 Å². The molecule has 0 aliphatic carbocycles. The van der Waals surface area contributed by atoms with E-state index in [1.807, 2.05) is 49.3 Å². The first-order valence-corrected chi connectivity index (χ1v) is 12.7. The van der Waals surface area contributed by atoms with Gasteiger partial charge in [0.1, 0.15) is 11.5 Å². The fourth-order valence-electron chi connectivity index (χ4n) is 5.26. The Balaban J connectivity index is 1.27. The summed E-state index contributed by atoms with van der Waals surface area (Å²) in [5, 5.41) is 23.5. The summed E-state index contributed by atoms with van der Waals surface area (Å²) in [5.41, 5.74) is 4.86. The summed E-state index contributed by atoms with van der Waals surface area (Å²) in [4.78, 5) is 22.1. The molecular weight excluding hydrogens is 468 g/mol. The number of pyridine rings is 1. The third-order valence-electron chi connectivity index (χ3n) is 7.59. The Hall–Kier alpha value is -4.28. The second kappa shape index (κ2) is 9.30. The van der Waals surface area contributed by atoms with E-state index in [-0.39, 0.29) is 5.91 Å². The summed E-state index contributed by atoms with van der Waals surface area (Å²) in [7, 11) is 1.85. The highest BCUT2D eigenvalue weighted by atomic mass is 16.1. The van der Waals surface area contributed by atoms with Crippen molar-refractivity contribution in [2.24, 2.45) is 5.92 Å². The second-order valence-corrected chi connectivity index (χ2v) is 9.81. The number of tetrazole rings is 1. The number of allylic oxidation sites excluding steroid dienone is 1. The van der Waals surface area contributed by atoms with Crippen molar-refractivity contribution in [3.05, 3.63) is 47.8 Å². The van der Waals surface area contributed by atoms with Gasteiger partial charge in [0.2, 0.25) is 5.95 Å². The third-order valence-corrected chi connectivity index (χ3v) is 7.59. The molecule has 0 radical (unpaired) electrons. The molecule has 0 bridgehead atoms. The number of nitrogens with zero attached hydrogens (tertiary/aromatic N) is 8. The first-order chi connectivity index (χ1) is 18.0. The number of anilines is 3. The summed E-state index contributed by atoms with van der Waals surface area (Å²) in [5.74, 6) is 2.13. The van der Waals surface area contributed by atoms with Crippen LogP contribution < -0.4 is 15.1 Å². The van der Waals surface area contributed by atoms with Gasteiger partial charge in [-0.15, -0.1) is 0 Å². The van der Waals surface area contributed by atoms with Crippen LogP contribution in [0.1, 0.15) is 33.1 Å². The summed E-state index contributed by atoms with van der Waals surface area (Å²) in [6, 6.07) is 9.89. The predicted molar refractivity (Wildman–Crippen MR) is 142 cm³/mol. The lowest BCUT2D eigenvalue weighted by molar-refractivity contribution is -0.113. The highest BCUT2D eigenvalue weighted by molar-refractivity contribution is 6.06. The molecule has 0 saturated carbocycles. The quantitative estimate of drug-likeness (QED) is 0.428. The van der Waals surface area contributed by atoms with Crippen LogP contribution in [-0.2, 0) is 11.3 Å². The molecule has 11 heteroatoms. The third kappa shape index (κ3) is 4.20. The van der Waals surface area contributed by atoms with Gasteiger partial charge in [-0.25, -0.2) is 9.67 Å². The molecule has 190 valence electrons. The molecular formula is C26H30N10O. The number of benzene rings is 1. The largest absolute Gasteiger partial charge is 0.356 e. The minimum absolute atomic E-state index is 0.184. The predicted octanol–water partition coefficient (Wildman–Crippen LogP) is 3.60. The van der Waals surface area contributed by atoms with Crippen LogP contribution in [0.2, 0.25) is 0 Å². The molecule has 1 atom stereocenters. The van der Waals surface area contributed by atoms with Crippen molar-refractivity contribution in [1.29, 1.82) is 0 Å². The van der Waals surface area contributed by atoms with Crippen molar-refractivity contribution in [3.63, 3.8) is 0 Å². The highest BCUT2D eigenvalue weighted by Gasteiger charge is 2.27. The first-order valence-electron chi connectivity index (χ1n) is 12.7. The summed E-state index contributed by atoms with van der Waals surface area (Å²) in [6.45, 7) is 6.55. The average Bonchev–Trinajstić information content (AvgIpc) is 3.58. The van der Waals surface area contributed by atoms with Crippen LogP contribution in [0.5, 0.6) is 0 Å². The van der Waals surface area contributed by atoms with Crippen LogP contribution in [0.25, 0.3) is 22.2 Å². The smallest absolute Gasteiger partial charge is 0.255 e. The summed E-state index contributed by atoms with van der Waals surface area (Å²) < 4.78 is 1.62. The number of hydrogen-bond acceptors (Lipinski definition) is 8. The van der Waals surface area contributed by atoms with Crippen molar-refractivity contribution >= 4 is 34.3 Å².